The summed E-state index contributed by atoms with van der Waals surface area (Å²) in [7, 11) is 1.51. The summed E-state index contributed by atoms with van der Waals surface area (Å²) in [5, 5.41) is 19.9. The summed E-state index contributed by atoms with van der Waals surface area (Å²) >= 11 is 0. The van der Waals surface area contributed by atoms with Crippen LogP contribution in [0.25, 0.3) is 0 Å². The number of aliphatic hydroxyl groups is 2. The topological polar surface area (TPSA) is 58.9 Å². The second-order valence-corrected chi connectivity index (χ2v) is 3.99. The zero-order valence-corrected chi connectivity index (χ0v) is 10.5. The second kappa shape index (κ2) is 8.00. The first kappa shape index (κ1) is 14.9. The average Bonchev–Trinajstić information content (AvgIpc) is 2.40. The van der Waals surface area contributed by atoms with Gasteiger partial charge >= 0.3 is 0 Å². The summed E-state index contributed by atoms with van der Waals surface area (Å²) in [6, 6.07) is 9.26. The summed E-state index contributed by atoms with van der Waals surface area (Å²) in [6.45, 7) is 3.59. The van der Waals surface area contributed by atoms with Crippen molar-refractivity contribution in [3.05, 3.63) is 48.6 Å². The van der Waals surface area contributed by atoms with E-state index >= 15 is 0 Å². The maximum atomic E-state index is 10.1. The van der Waals surface area contributed by atoms with Gasteiger partial charge in [-0.15, -0.1) is 6.58 Å². The van der Waals surface area contributed by atoms with Crippen LogP contribution in [0.2, 0.25) is 0 Å². The maximum absolute atomic E-state index is 10.1. The minimum atomic E-state index is -1.03. The molecule has 0 bridgehead atoms. The van der Waals surface area contributed by atoms with Crippen molar-refractivity contribution in [1.29, 1.82) is 0 Å². The van der Waals surface area contributed by atoms with Crippen LogP contribution >= 0.6 is 0 Å². The first-order valence-corrected chi connectivity index (χ1v) is 5.83. The highest BCUT2D eigenvalue weighted by Crippen LogP contribution is 2.24. The van der Waals surface area contributed by atoms with Gasteiger partial charge < -0.3 is 19.7 Å². The molecular formula is C14H20O4. The zero-order chi connectivity index (χ0) is 13.4. The number of aliphatic hydroxyl groups excluding tert-OH is 2. The highest BCUT2D eigenvalue weighted by atomic mass is 16.7. The lowest BCUT2D eigenvalue weighted by Crippen LogP contribution is -2.33. The summed E-state index contributed by atoms with van der Waals surface area (Å²) < 4.78 is 10.3. The van der Waals surface area contributed by atoms with Crippen LogP contribution in [-0.2, 0) is 9.47 Å². The molecule has 3 atom stereocenters. The fourth-order valence-corrected chi connectivity index (χ4v) is 1.69. The van der Waals surface area contributed by atoms with Crippen molar-refractivity contribution < 1.29 is 19.7 Å². The SMILES string of the molecule is C=CCC(O)[C@H](O)[C@H](OCOC)c1ccccc1. The smallest absolute Gasteiger partial charge is 0.147 e. The first-order chi connectivity index (χ1) is 8.70. The van der Waals surface area contributed by atoms with Crippen molar-refractivity contribution in [2.45, 2.75) is 24.7 Å². The summed E-state index contributed by atoms with van der Waals surface area (Å²) in [5.74, 6) is 0. The third kappa shape index (κ3) is 4.23. The van der Waals surface area contributed by atoms with E-state index in [2.05, 4.69) is 6.58 Å². The molecule has 0 aliphatic heterocycles. The number of benzene rings is 1. The average molecular weight is 252 g/mol. The molecule has 0 spiro atoms. The Labute approximate surface area is 107 Å². The minimum absolute atomic E-state index is 0.0530. The molecule has 1 unspecified atom stereocenters. The quantitative estimate of drug-likeness (QED) is 0.545. The summed E-state index contributed by atoms with van der Waals surface area (Å²) in [6.07, 6.45) is -0.696. The molecule has 0 radical (unpaired) electrons. The van der Waals surface area contributed by atoms with Gasteiger partial charge in [0.25, 0.3) is 0 Å². The van der Waals surface area contributed by atoms with E-state index in [0.29, 0.717) is 6.42 Å². The normalized spacial score (nSPS) is 15.9. The summed E-state index contributed by atoms with van der Waals surface area (Å²) in [5.41, 5.74) is 0.796. The molecule has 1 aromatic carbocycles. The van der Waals surface area contributed by atoms with Gasteiger partial charge in [-0.2, -0.15) is 0 Å². The van der Waals surface area contributed by atoms with Crippen molar-refractivity contribution in [2.24, 2.45) is 0 Å². The van der Waals surface area contributed by atoms with Crippen LogP contribution in [0.15, 0.2) is 43.0 Å². The van der Waals surface area contributed by atoms with Gasteiger partial charge in [0, 0.05) is 7.11 Å². The van der Waals surface area contributed by atoms with Crippen LogP contribution in [0.4, 0.5) is 0 Å². The predicted octanol–water partition coefficient (Wildman–Crippen LogP) is 1.65. The molecule has 0 saturated carbocycles. The lowest BCUT2D eigenvalue weighted by molar-refractivity contribution is -0.139. The molecule has 0 heterocycles. The lowest BCUT2D eigenvalue weighted by atomic mass is 9.98. The highest BCUT2D eigenvalue weighted by molar-refractivity contribution is 5.19. The van der Waals surface area contributed by atoms with Crippen LogP contribution in [0.5, 0.6) is 0 Å². The molecule has 0 aromatic heterocycles. The molecule has 0 amide bonds. The molecule has 0 aliphatic rings. The number of rotatable bonds is 8. The predicted molar refractivity (Wildman–Crippen MR) is 69.0 cm³/mol. The molecule has 1 aromatic rings. The molecule has 1 rings (SSSR count). The van der Waals surface area contributed by atoms with Gasteiger partial charge in [0.05, 0.1) is 6.10 Å². The minimum Gasteiger partial charge on any atom is -0.390 e. The monoisotopic (exact) mass is 252 g/mol. The Morgan fingerprint density at radius 1 is 1.28 bits per heavy atom. The maximum Gasteiger partial charge on any atom is 0.147 e. The molecule has 0 aliphatic carbocycles. The van der Waals surface area contributed by atoms with Crippen LogP contribution in [0, 0.1) is 0 Å². The van der Waals surface area contributed by atoms with Crippen molar-refractivity contribution in [3.63, 3.8) is 0 Å². The van der Waals surface area contributed by atoms with Crippen LogP contribution in [0.1, 0.15) is 18.1 Å². The van der Waals surface area contributed by atoms with E-state index in [1.165, 1.54) is 7.11 Å². The Balaban J connectivity index is 2.80. The molecule has 100 valence electrons. The largest absolute Gasteiger partial charge is 0.390 e. The van der Waals surface area contributed by atoms with Crippen LogP contribution < -0.4 is 0 Å². The fourth-order valence-electron chi connectivity index (χ4n) is 1.69. The molecule has 0 fully saturated rings. The molecular weight excluding hydrogens is 232 g/mol. The van der Waals surface area contributed by atoms with Gasteiger partial charge in [-0.1, -0.05) is 36.4 Å². The molecule has 2 N–H and O–H groups in total. The van der Waals surface area contributed by atoms with E-state index in [-0.39, 0.29) is 6.79 Å². The standard InChI is InChI=1S/C14H20O4/c1-3-7-12(15)13(16)14(18-10-17-2)11-8-5-4-6-9-11/h3-6,8-9,12-16H,1,7,10H2,2H3/t12?,13-,14+/m0/s1. The third-order valence-electron chi connectivity index (χ3n) is 2.61. The van der Waals surface area contributed by atoms with E-state index in [4.69, 9.17) is 9.47 Å². The van der Waals surface area contributed by atoms with Crippen molar-refractivity contribution >= 4 is 0 Å². The highest BCUT2D eigenvalue weighted by Gasteiger charge is 2.27. The van der Waals surface area contributed by atoms with Crippen molar-refractivity contribution in [2.75, 3.05) is 13.9 Å². The van der Waals surface area contributed by atoms with Crippen molar-refractivity contribution in [1.82, 2.24) is 0 Å². The van der Waals surface area contributed by atoms with Gasteiger partial charge in [0.1, 0.15) is 19.0 Å². The number of methoxy groups -OCH3 is 1. The Bertz CT molecular complexity index is 339. The second-order valence-electron chi connectivity index (χ2n) is 3.99. The van der Waals surface area contributed by atoms with E-state index in [0.717, 1.165) is 5.56 Å². The number of ether oxygens (including phenoxy) is 2. The Kier molecular flexibility index (Phi) is 6.60. The van der Waals surface area contributed by atoms with E-state index in [1.54, 1.807) is 6.08 Å². The van der Waals surface area contributed by atoms with Gasteiger partial charge in [0.2, 0.25) is 0 Å². The molecule has 0 saturated heterocycles. The van der Waals surface area contributed by atoms with Gasteiger partial charge in [-0.05, 0) is 12.0 Å². The van der Waals surface area contributed by atoms with Gasteiger partial charge in [-0.25, -0.2) is 0 Å². The Morgan fingerprint density at radius 2 is 1.94 bits per heavy atom. The van der Waals surface area contributed by atoms with Crippen LogP contribution in [-0.4, -0.2) is 36.3 Å². The van der Waals surface area contributed by atoms with E-state index < -0.39 is 18.3 Å². The van der Waals surface area contributed by atoms with E-state index in [9.17, 15) is 10.2 Å². The number of hydrogen-bond acceptors (Lipinski definition) is 4. The summed E-state index contributed by atoms with van der Waals surface area (Å²) in [4.78, 5) is 0. The zero-order valence-electron chi connectivity index (χ0n) is 10.5. The molecule has 4 nitrogen and oxygen atoms in total. The lowest BCUT2D eigenvalue weighted by Gasteiger charge is -2.26. The third-order valence-corrected chi connectivity index (χ3v) is 2.61. The fraction of sp³-hybridized carbons (Fsp3) is 0.429. The first-order valence-electron chi connectivity index (χ1n) is 5.83. The Morgan fingerprint density at radius 3 is 2.50 bits per heavy atom. The molecule has 18 heavy (non-hydrogen) atoms. The van der Waals surface area contributed by atoms with Crippen molar-refractivity contribution in [3.8, 4) is 0 Å². The Hall–Kier alpha value is -1.20. The van der Waals surface area contributed by atoms with E-state index in [1.807, 2.05) is 30.3 Å². The van der Waals surface area contributed by atoms with Gasteiger partial charge in [-0.3, -0.25) is 0 Å². The molecule has 4 heteroatoms. The van der Waals surface area contributed by atoms with Crippen LogP contribution in [0.3, 0.4) is 0 Å². The van der Waals surface area contributed by atoms with Gasteiger partial charge in [0.15, 0.2) is 0 Å². The number of hydrogen-bond donors (Lipinski definition) is 2.